The highest BCUT2D eigenvalue weighted by Crippen LogP contribution is 2.33. The van der Waals surface area contributed by atoms with Crippen molar-refractivity contribution < 1.29 is 17.6 Å². The molecule has 0 saturated heterocycles. The highest BCUT2D eigenvalue weighted by molar-refractivity contribution is 5.33. The first-order valence-electron chi connectivity index (χ1n) is 5.86. The standard InChI is InChI=1S/C13H13F4N3/c1-18-12(11-5-6-20(2)19-11)8-3-4-10(14)9(7-8)13(15,16)17/h3-7,12,18H,1-2H3. The average molecular weight is 287 g/mol. The summed E-state index contributed by atoms with van der Waals surface area (Å²) in [7, 11) is 3.32. The van der Waals surface area contributed by atoms with Crippen LogP contribution in [0.4, 0.5) is 17.6 Å². The second-order valence-electron chi connectivity index (χ2n) is 4.37. The van der Waals surface area contributed by atoms with Gasteiger partial charge in [-0.3, -0.25) is 4.68 Å². The number of halogens is 4. The molecule has 0 aliphatic heterocycles. The minimum atomic E-state index is -4.72. The monoisotopic (exact) mass is 287 g/mol. The number of aromatic nitrogens is 2. The Morgan fingerprint density at radius 2 is 1.95 bits per heavy atom. The third-order valence-corrected chi connectivity index (χ3v) is 2.95. The van der Waals surface area contributed by atoms with Crippen molar-refractivity contribution in [1.29, 1.82) is 0 Å². The fraction of sp³-hybridized carbons (Fsp3) is 0.308. The maximum absolute atomic E-state index is 13.3. The average Bonchev–Trinajstić information content (AvgIpc) is 2.77. The lowest BCUT2D eigenvalue weighted by Crippen LogP contribution is -2.20. The number of alkyl halides is 3. The maximum Gasteiger partial charge on any atom is 0.419 e. The minimum Gasteiger partial charge on any atom is -0.308 e. The van der Waals surface area contributed by atoms with Gasteiger partial charge in [0.2, 0.25) is 0 Å². The number of aryl methyl sites for hydroxylation is 1. The van der Waals surface area contributed by atoms with Crippen LogP contribution in [0.3, 0.4) is 0 Å². The maximum atomic E-state index is 13.3. The largest absolute Gasteiger partial charge is 0.419 e. The summed E-state index contributed by atoms with van der Waals surface area (Å²) in [6.07, 6.45) is -3.03. The number of rotatable bonds is 3. The van der Waals surface area contributed by atoms with Gasteiger partial charge in [0.05, 0.1) is 17.3 Å². The van der Waals surface area contributed by atoms with Crippen LogP contribution in [0.25, 0.3) is 0 Å². The Bertz CT molecular complexity index is 604. The van der Waals surface area contributed by atoms with Gasteiger partial charge in [0, 0.05) is 13.2 Å². The Morgan fingerprint density at radius 3 is 2.45 bits per heavy atom. The molecule has 0 spiro atoms. The quantitative estimate of drug-likeness (QED) is 0.880. The van der Waals surface area contributed by atoms with E-state index in [0.29, 0.717) is 11.3 Å². The van der Waals surface area contributed by atoms with Crippen LogP contribution >= 0.6 is 0 Å². The van der Waals surface area contributed by atoms with Gasteiger partial charge in [-0.15, -0.1) is 0 Å². The summed E-state index contributed by atoms with van der Waals surface area (Å²) in [5, 5.41) is 7.03. The van der Waals surface area contributed by atoms with Gasteiger partial charge in [-0.05, 0) is 30.8 Å². The predicted molar refractivity (Wildman–Crippen MR) is 65.5 cm³/mol. The van der Waals surface area contributed by atoms with E-state index in [0.717, 1.165) is 12.1 Å². The van der Waals surface area contributed by atoms with E-state index in [-0.39, 0.29) is 0 Å². The Morgan fingerprint density at radius 1 is 1.25 bits per heavy atom. The van der Waals surface area contributed by atoms with Gasteiger partial charge in [-0.1, -0.05) is 6.07 Å². The second-order valence-corrected chi connectivity index (χ2v) is 4.37. The number of hydrogen-bond acceptors (Lipinski definition) is 2. The fourth-order valence-electron chi connectivity index (χ4n) is 2.01. The summed E-state index contributed by atoms with van der Waals surface area (Å²) in [5.74, 6) is -1.28. The lowest BCUT2D eigenvalue weighted by atomic mass is 10.0. The van der Waals surface area contributed by atoms with E-state index in [4.69, 9.17) is 0 Å². The molecule has 1 aromatic carbocycles. The molecule has 0 saturated carbocycles. The van der Waals surface area contributed by atoms with Crippen LogP contribution in [-0.2, 0) is 13.2 Å². The molecule has 108 valence electrons. The number of hydrogen-bond donors (Lipinski definition) is 1. The fourth-order valence-corrected chi connectivity index (χ4v) is 2.01. The first kappa shape index (κ1) is 14.5. The van der Waals surface area contributed by atoms with Crippen LogP contribution in [0.2, 0.25) is 0 Å². The van der Waals surface area contributed by atoms with Crippen molar-refractivity contribution in [3.8, 4) is 0 Å². The second kappa shape index (κ2) is 5.24. The van der Waals surface area contributed by atoms with Crippen LogP contribution in [-0.4, -0.2) is 16.8 Å². The van der Waals surface area contributed by atoms with Gasteiger partial charge in [0.15, 0.2) is 0 Å². The van der Waals surface area contributed by atoms with E-state index in [1.807, 2.05) is 0 Å². The Labute approximate surface area is 113 Å². The molecular weight excluding hydrogens is 274 g/mol. The molecule has 2 rings (SSSR count). The van der Waals surface area contributed by atoms with Crippen molar-refractivity contribution in [1.82, 2.24) is 15.1 Å². The van der Waals surface area contributed by atoms with Crippen LogP contribution in [0.15, 0.2) is 30.5 Å². The highest BCUT2D eigenvalue weighted by atomic mass is 19.4. The molecule has 1 atom stereocenters. The smallest absolute Gasteiger partial charge is 0.308 e. The third-order valence-electron chi connectivity index (χ3n) is 2.95. The molecule has 1 heterocycles. The van der Waals surface area contributed by atoms with E-state index in [1.165, 1.54) is 6.07 Å². The number of nitrogens with one attached hydrogen (secondary N) is 1. The van der Waals surface area contributed by atoms with Crippen LogP contribution in [0, 0.1) is 5.82 Å². The third kappa shape index (κ3) is 2.82. The number of benzene rings is 1. The van der Waals surface area contributed by atoms with Crippen molar-refractivity contribution in [3.63, 3.8) is 0 Å². The van der Waals surface area contributed by atoms with Crippen molar-refractivity contribution >= 4 is 0 Å². The molecule has 1 N–H and O–H groups in total. The number of nitrogens with zero attached hydrogens (tertiary/aromatic N) is 2. The van der Waals surface area contributed by atoms with Crippen molar-refractivity contribution in [3.05, 3.63) is 53.1 Å². The molecule has 0 fully saturated rings. The van der Waals surface area contributed by atoms with Crippen molar-refractivity contribution in [2.24, 2.45) is 7.05 Å². The SMILES string of the molecule is CNC(c1ccc(F)c(C(F)(F)F)c1)c1ccn(C)n1. The molecule has 0 amide bonds. The van der Waals surface area contributed by atoms with Gasteiger partial charge < -0.3 is 5.32 Å². The molecule has 0 aliphatic rings. The highest BCUT2D eigenvalue weighted by Gasteiger charge is 2.34. The summed E-state index contributed by atoms with van der Waals surface area (Å²) in [5.41, 5.74) is -0.402. The molecule has 0 bridgehead atoms. The van der Waals surface area contributed by atoms with E-state index in [9.17, 15) is 17.6 Å². The molecule has 0 aliphatic carbocycles. The van der Waals surface area contributed by atoms with Crippen molar-refractivity contribution in [2.45, 2.75) is 12.2 Å². The Kier molecular flexibility index (Phi) is 3.80. The topological polar surface area (TPSA) is 29.9 Å². The van der Waals surface area contributed by atoms with Crippen LogP contribution in [0.5, 0.6) is 0 Å². The van der Waals surface area contributed by atoms with E-state index in [2.05, 4.69) is 10.4 Å². The molecule has 1 aromatic heterocycles. The Balaban J connectivity index is 2.46. The lowest BCUT2D eigenvalue weighted by Gasteiger charge is -2.17. The normalized spacial score (nSPS) is 13.5. The molecule has 2 aromatic rings. The molecule has 3 nitrogen and oxygen atoms in total. The Hall–Kier alpha value is -1.89. The first-order chi connectivity index (χ1) is 9.32. The molecule has 1 unspecified atom stereocenters. The van der Waals surface area contributed by atoms with Crippen LogP contribution in [0.1, 0.15) is 22.9 Å². The zero-order valence-corrected chi connectivity index (χ0v) is 10.9. The summed E-state index contributed by atoms with van der Waals surface area (Å²) < 4.78 is 53.0. The zero-order valence-electron chi connectivity index (χ0n) is 10.9. The minimum absolute atomic E-state index is 0.305. The van der Waals surface area contributed by atoms with Gasteiger partial charge in [0.1, 0.15) is 5.82 Å². The first-order valence-corrected chi connectivity index (χ1v) is 5.86. The van der Waals surface area contributed by atoms with E-state index in [1.54, 1.807) is 31.0 Å². The van der Waals surface area contributed by atoms with Gasteiger partial charge in [0.25, 0.3) is 0 Å². The van der Waals surface area contributed by atoms with Gasteiger partial charge >= 0.3 is 6.18 Å². The summed E-state index contributed by atoms with van der Waals surface area (Å²) in [6.45, 7) is 0. The van der Waals surface area contributed by atoms with Crippen LogP contribution < -0.4 is 5.32 Å². The van der Waals surface area contributed by atoms with Gasteiger partial charge in [-0.2, -0.15) is 18.3 Å². The van der Waals surface area contributed by atoms with E-state index >= 15 is 0 Å². The molecule has 7 heteroatoms. The predicted octanol–water partition coefficient (Wildman–Crippen LogP) is 2.89. The molecule has 0 radical (unpaired) electrons. The summed E-state index contributed by atoms with van der Waals surface area (Å²) >= 11 is 0. The molecule has 20 heavy (non-hydrogen) atoms. The summed E-state index contributed by atoms with van der Waals surface area (Å²) in [6, 6.07) is 4.12. The van der Waals surface area contributed by atoms with Crippen molar-refractivity contribution in [2.75, 3.05) is 7.05 Å². The zero-order chi connectivity index (χ0) is 14.9. The van der Waals surface area contributed by atoms with E-state index < -0.39 is 23.6 Å². The summed E-state index contributed by atoms with van der Waals surface area (Å²) in [4.78, 5) is 0. The lowest BCUT2D eigenvalue weighted by molar-refractivity contribution is -0.140. The van der Waals surface area contributed by atoms with Gasteiger partial charge in [-0.25, -0.2) is 4.39 Å². The molecular formula is C13H13F4N3.